The lowest BCUT2D eigenvalue weighted by molar-refractivity contribution is -0.885. The van der Waals surface area contributed by atoms with Crippen LogP contribution in [0.5, 0.6) is 0 Å². The van der Waals surface area contributed by atoms with Crippen LogP contribution in [0.15, 0.2) is 48.5 Å². The molecule has 0 aliphatic heterocycles. The van der Waals surface area contributed by atoms with Crippen LogP contribution in [0.2, 0.25) is 10.0 Å². The summed E-state index contributed by atoms with van der Waals surface area (Å²) in [5.74, 6) is -0.431. The summed E-state index contributed by atoms with van der Waals surface area (Å²) in [5, 5.41) is 6.27. The summed E-state index contributed by atoms with van der Waals surface area (Å²) in [6, 6.07) is 13.8. The topological polar surface area (TPSA) is 62.6 Å². The second kappa shape index (κ2) is 8.85. The molecule has 0 radical (unpaired) electrons. The van der Waals surface area contributed by atoms with Gasteiger partial charge in [0.1, 0.15) is 0 Å². The van der Waals surface area contributed by atoms with Gasteiger partial charge in [0.2, 0.25) is 0 Å². The number of carbonyl (C=O) groups is 2. The number of amides is 2. The largest absolute Gasteiger partial charge is 0.321 e. The molecule has 5 nitrogen and oxygen atoms in total. The molecule has 0 fully saturated rings. The molecule has 132 valence electrons. The second-order valence-corrected chi connectivity index (χ2v) is 6.56. The van der Waals surface area contributed by atoms with Crippen LogP contribution in [0.3, 0.4) is 0 Å². The Morgan fingerprint density at radius 1 is 1.00 bits per heavy atom. The lowest BCUT2D eigenvalue weighted by atomic mass is 10.2. The summed E-state index contributed by atoms with van der Waals surface area (Å²) < 4.78 is 0. The van der Waals surface area contributed by atoms with Crippen molar-refractivity contribution in [1.29, 1.82) is 0 Å². The van der Waals surface area contributed by atoms with Crippen LogP contribution in [0.1, 0.15) is 6.92 Å². The smallest absolute Gasteiger partial charge is 0.282 e. The molecule has 0 aromatic heterocycles. The molecule has 0 bridgehead atoms. The number of halogens is 2. The maximum Gasteiger partial charge on any atom is 0.282 e. The molecule has 2 aromatic rings. The van der Waals surface area contributed by atoms with Gasteiger partial charge in [-0.3, -0.25) is 9.59 Å². The first-order valence-electron chi connectivity index (χ1n) is 7.80. The predicted molar refractivity (Wildman–Crippen MR) is 101 cm³/mol. The van der Waals surface area contributed by atoms with Crippen LogP contribution < -0.4 is 15.5 Å². The highest BCUT2D eigenvalue weighted by Crippen LogP contribution is 2.29. The number of rotatable bonds is 6. The van der Waals surface area contributed by atoms with Crippen molar-refractivity contribution in [1.82, 2.24) is 0 Å². The fourth-order valence-electron chi connectivity index (χ4n) is 2.20. The van der Waals surface area contributed by atoms with Gasteiger partial charge < -0.3 is 15.5 Å². The van der Waals surface area contributed by atoms with E-state index >= 15 is 0 Å². The van der Waals surface area contributed by atoms with E-state index in [4.69, 9.17) is 23.2 Å². The highest BCUT2D eigenvalue weighted by Gasteiger charge is 2.24. The Morgan fingerprint density at radius 2 is 1.60 bits per heavy atom. The standard InChI is InChI=1S/C18H19Cl2N3O2/c1-12(18(25)21-13-7-4-3-5-8-13)23(2)11-16(24)22-17-14(19)9-6-10-15(17)20/h3-10,12H,11H2,1-2H3,(H,21,25)(H,22,24)/p+1/t12-/m1/s1. The second-order valence-electron chi connectivity index (χ2n) is 5.74. The Balaban J connectivity index is 1.92. The van der Waals surface area contributed by atoms with Crippen LogP contribution >= 0.6 is 23.2 Å². The minimum absolute atomic E-state index is 0.102. The fourth-order valence-corrected chi connectivity index (χ4v) is 2.69. The number of hydrogen-bond donors (Lipinski definition) is 3. The third-order valence-corrected chi connectivity index (χ3v) is 4.47. The quantitative estimate of drug-likeness (QED) is 0.720. The van der Waals surface area contributed by atoms with E-state index in [-0.39, 0.29) is 18.4 Å². The van der Waals surface area contributed by atoms with Gasteiger partial charge in [0.05, 0.1) is 22.8 Å². The molecule has 2 rings (SSSR count). The molecule has 3 N–H and O–H groups in total. The van der Waals surface area contributed by atoms with Gasteiger partial charge >= 0.3 is 0 Å². The molecule has 7 heteroatoms. The number of hydrogen-bond acceptors (Lipinski definition) is 2. The first kappa shape index (κ1) is 19.2. The van der Waals surface area contributed by atoms with Gasteiger partial charge in [-0.2, -0.15) is 0 Å². The van der Waals surface area contributed by atoms with Gasteiger partial charge in [-0.15, -0.1) is 0 Å². The van der Waals surface area contributed by atoms with Crippen molar-refractivity contribution in [3.05, 3.63) is 58.6 Å². The monoisotopic (exact) mass is 380 g/mol. The molecule has 0 aliphatic carbocycles. The van der Waals surface area contributed by atoms with Crippen molar-refractivity contribution in [3.63, 3.8) is 0 Å². The molecule has 2 amide bonds. The Bertz CT molecular complexity index is 733. The van der Waals surface area contributed by atoms with E-state index in [0.29, 0.717) is 15.7 Å². The lowest BCUT2D eigenvalue weighted by Gasteiger charge is -2.21. The molecule has 25 heavy (non-hydrogen) atoms. The maximum atomic E-state index is 12.3. The summed E-state index contributed by atoms with van der Waals surface area (Å²) in [5.41, 5.74) is 1.10. The number of quaternary nitrogens is 1. The fraction of sp³-hybridized carbons (Fsp3) is 0.222. The van der Waals surface area contributed by atoms with Crippen molar-refractivity contribution >= 4 is 46.4 Å². The zero-order chi connectivity index (χ0) is 18.4. The number of carbonyl (C=O) groups excluding carboxylic acids is 2. The average molecular weight is 381 g/mol. The number of nitrogens with one attached hydrogen (secondary N) is 3. The zero-order valence-corrected chi connectivity index (χ0v) is 15.5. The molecule has 0 aliphatic rings. The van der Waals surface area contributed by atoms with E-state index in [0.717, 1.165) is 10.6 Å². The van der Waals surface area contributed by atoms with E-state index in [9.17, 15) is 9.59 Å². The first-order valence-corrected chi connectivity index (χ1v) is 8.56. The van der Waals surface area contributed by atoms with Crippen molar-refractivity contribution in [2.75, 3.05) is 24.2 Å². The van der Waals surface area contributed by atoms with Crippen molar-refractivity contribution in [2.24, 2.45) is 0 Å². The summed E-state index contributed by atoms with van der Waals surface area (Å²) >= 11 is 12.1. The van der Waals surface area contributed by atoms with Crippen LogP contribution in [0.4, 0.5) is 11.4 Å². The zero-order valence-electron chi connectivity index (χ0n) is 14.0. The van der Waals surface area contributed by atoms with Crippen molar-refractivity contribution in [2.45, 2.75) is 13.0 Å². The Hall–Kier alpha value is -2.08. The van der Waals surface area contributed by atoms with Gasteiger partial charge in [0, 0.05) is 5.69 Å². The van der Waals surface area contributed by atoms with Gasteiger partial charge in [0.25, 0.3) is 11.8 Å². The van der Waals surface area contributed by atoms with Gasteiger partial charge in [-0.25, -0.2) is 0 Å². The van der Waals surface area contributed by atoms with Gasteiger partial charge in [0.15, 0.2) is 12.6 Å². The summed E-state index contributed by atoms with van der Waals surface area (Å²) in [6.45, 7) is 1.87. The van der Waals surface area contributed by atoms with Gasteiger partial charge in [-0.1, -0.05) is 47.5 Å². The Kier molecular flexibility index (Phi) is 6.82. The summed E-state index contributed by atoms with van der Waals surface area (Å²) in [4.78, 5) is 25.3. The minimum atomic E-state index is -0.410. The van der Waals surface area contributed by atoms with Gasteiger partial charge in [-0.05, 0) is 31.2 Å². The lowest BCUT2D eigenvalue weighted by Crippen LogP contribution is -3.14. The average Bonchev–Trinajstić information content (AvgIpc) is 2.58. The van der Waals surface area contributed by atoms with E-state index in [1.807, 2.05) is 30.3 Å². The predicted octanol–water partition coefficient (Wildman–Crippen LogP) is 2.47. The molecule has 0 saturated carbocycles. The highest BCUT2D eigenvalue weighted by molar-refractivity contribution is 6.39. The molecule has 0 spiro atoms. The Morgan fingerprint density at radius 3 is 2.20 bits per heavy atom. The van der Waals surface area contributed by atoms with E-state index in [1.54, 1.807) is 32.2 Å². The number of benzene rings is 2. The van der Waals surface area contributed by atoms with Crippen LogP contribution in [-0.2, 0) is 9.59 Å². The number of para-hydroxylation sites is 2. The van der Waals surface area contributed by atoms with Crippen LogP contribution in [0, 0.1) is 0 Å². The van der Waals surface area contributed by atoms with E-state index < -0.39 is 6.04 Å². The highest BCUT2D eigenvalue weighted by atomic mass is 35.5. The summed E-state index contributed by atoms with van der Waals surface area (Å²) in [7, 11) is 1.78. The van der Waals surface area contributed by atoms with Crippen molar-refractivity contribution < 1.29 is 14.5 Å². The molecule has 0 heterocycles. The van der Waals surface area contributed by atoms with Crippen molar-refractivity contribution in [3.8, 4) is 0 Å². The molecule has 2 aromatic carbocycles. The van der Waals surface area contributed by atoms with E-state index in [1.165, 1.54) is 0 Å². The third-order valence-electron chi connectivity index (χ3n) is 3.84. The number of likely N-dealkylation sites (N-methyl/N-ethyl adjacent to an activating group) is 1. The number of anilines is 2. The van der Waals surface area contributed by atoms with E-state index in [2.05, 4.69) is 10.6 Å². The summed E-state index contributed by atoms with van der Waals surface area (Å²) in [6.07, 6.45) is 0. The minimum Gasteiger partial charge on any atom is -0.321 e. The third kappa shape index (κ3) is 5.46. The van der Waals surface area contributed by atoms with Crippen LogP contribution in [0.25, 0.3) is 0 Å². The van der Waals surface area contributed by atoms with Crippen LogP contribution in [-0.4, -0.2) is 31.4 Å². The molecule has 2 atom stereocenters. The molecule has 0 saturated heterocycles. The molecule has 1 unspecified atom stereocenters. The Labute approximate surface area is 156 Å². The maximum absolute atomic E-state index is 12.3. The SMILES string of the molecule is C[C@H](C(=O)Nc1ccccc1)[NH+](C)CC(=O)Nc1c(Cl)cccc1Cl. The first-order chi connectivity index (χ1) is 11.9. The molecular weight excluding hydrogens is 361 g/mol. The molecular formula is C18H20Cl2N3O2+. The normalized spacial score (nSPS) is 13.0.